The van der Waals surface area contributed by atoms with Crippen LogP contribution in [0.5, 0.6) is 11.5 Å². The van der Waals surface area contributed by atoms with Crippen molar-refractivity contribution in [2.45, 2.75) is 142 Å². The minimum atomic E-state index is -0.280. The quantitative estimate of drug-likeness (QED) is 0.0213. The summed E-state index contributed by atoms with van der Waals surface area (Å²) >= 11 is 0. The van der Waals surface area contributed by atoms with Gasteiger partial charge >= 0.3 is 48.2 Å². The van der Waals surface area contributed by atoms with E-state index in [1.807, 2.05) is 375 Å². The first kappa shape index (κ1) is 107. The van der Waals surface area contributed by atoms with Gasteiger partial charge in [-0.1, -0.05) is 186 Å². The van der Waals surface area contributed by atoms with Gasteiger partial charge in [0.2, 0.25) is 0 Å². The molecule has 0 bridgehead atoms. The van der Waals surface area contributed by atoms with E-state index >= 15 is 0 Å². The van der Waals surface area contributed by atoms with Gasteiger partial charge in [-0.25, -0.2) is 38.4 Å². The molecule has 25 heteroatoms. The number of hydrogen-bond acceptors (Lipinski definition) is 9. The number of rotatable bonds is 23. The van der Waals surface area contributed by atoms with Crippen LogP contribution in [0.4, 0.5) is 101 Å². The van der Waals surface area contributed by atoms with Crippen LogP contribution in [0.15, 0.2) is 310 Å². The molecule has 0 aliphatic heterocycles. The fourth-order valence-corrected chi connectivity index (χ4v) is 11.6. The van der Waals surface area contributed by atoms with Crippen molar-refractivity contribution in [3.05, 3.63) is 366 Å². The number of unbranched alkanes of at least 4 members (excludes halogenated alkanes) is 1. The van der Waals surface area contributed by atoms with E-state index in [0.29, 0.717) is 37.0 Å². The van der Waals surface area contributed by atoms with Crippen molar-refractivity contribution >= 4 is 111 Å². The number of nitrogens with one attached hydrogen (secondary N) is 16. The fraction of sp³-hybridized carbons (Fsp3) is 0.234. The molecule has 0 aliphatic rings. The molecule has 25 nitrogen and oxygen atoms in total. The van der Waals surface area contributed by atoms with Crippen molar-refractivity contribution in [2.75, 3.05) is 84.7 Å². The predicted octanol–water partition coefficient (Wildman–Crippen LogP) is 26.5. The summed E-state index contributed by atoms with van der Waals surface area (Å²) in [5.74, 6) is 1.98. The van der Waals surface area contributed by atoms with E-state index in [2.05, 4.69) is 112 Å². The molecular formula is C107H132N16O9. The Morgan fingerprint density at radius 3 is 0.902 bits per heavy atom. The molecule has 0 unspecified atom stereocenters. The number of amides is 16. The Hall–Kier alpha value is -15.7. The lowest BCUT2D eigenvalue weighted by molar-refractivity contribution is 0.249. The molecule has 0 spiro atoms. The molecule has 0 heterocycles. The molecule has 0 radical (unpaired) electrons. The van der Waals surface area contributed by atoms with Gasteiger partial charge in [-0.05, 0) is 309 Å². The van der Waals surface area contributed by atoms with E-state index in [-0.39, 0.29) is 54.3 Å². The van der Waals surface area contributed by atoms with E-state index in [4.69, 9.17) is 4.74 Å². The summed E-state index contributed by atoms with van der Waals surface area (Å²) in [7, 11) is 0. The first-order valence-electron chi connectivity index (χ1n) is 44.0. The van der Waals surface area contributed by atoms with Crippen molar-refractivity contribution in [1.82, 2.24) is 26.6 Å². The third-order valence-electron chi connectivity index (χ3n) is 18.0. The summed E-state index contributed by atoms with van der Waals surface area (Å²) in [5, 5.41) is 44.3. The van der Waals surface area contributed by atoms with Crippen molar-refractivity contribution in [3.8, 4) is 11.5 Å². The maximum atomic E-state index is 12.0. The average molecular weight is 1790 g/mol. The minimum Gasteiger partial charge on any atom is -0.457 e. The summed E-state index contributed by atoms with van der Waals surface area (Å²) in [4.78, 5) is 92.0. The first-order chi connectivity index (χ1) is 63.3. The second kappa shape index (κ2) is 60.9. The highest BCUT2D eigenvalue weighted by Gasteiger charge is 2.11. The highest BCUT2D eigenvalue weighted by atomic mass is 16.5. The van der Waals surface area contributed by atoms with E-state index in [1.165, 1.54) is 5.56 Å². The summed E-state index contributed by atoms with van der Waals surface area (Å²) in [6.45, 7) is 38.1. The van der Waals surface area contributed by atoms with Gasteiger partial charge in [0.25, 0.3) is 0 Å². The number of hydrogen-bond donors (Lipinski definition) is 16. The number of carbonyl (C=O) groups excluding carboxylic acids is 8. The van der Waals surface area contributed by atoms with Crippen molar-refractivity contribution in [2.24, 2.45) is 0 Å². The molecular weight excluding hydrogens is 1650 g/mol. The van der Waals surface area contributed by atoms with Gasteiger partial charge in [0.1, 0.15) is 11.5 Å². The van der Waals surface area contributed by atoms with E-state index in [9.17, 15) is 38.4 Å². The topological polar surface area (TPSA) is 338 Å². The van der Waals surface area contributed by atoms with Crippen LogP contribution in [0.2, 0.25) is 0 Å². The predicted molar refractivity (Wildman–Crippen MR) is 548 cm³/mol. The second-order valence-electron chi connectivity index (χ2n) is 31.2. The second-order valence-corrected chi connectivity index (χ2v) is 31.2. The minimum absolute atomic E-state index is 0.131. The van der Waals surface area contributed by atoms with E-state index in [0.717, 1.165) is 139 Å². The Morgan fingerprint density at radius 1 is 0.288 bits per heavy atom. The maximum Gasteiger partial charge on any atom is 0.323 e. The number of carbonyl (C=O) groups is 8. The molecule has 0 aromatic heterocycles. The molecule has 16 amide bonds. The Labute approximate surface area is 779 Å². The van der Waals surface area contributed by atoms with Crippen molar-refractivity contribution in [3.63, 3.8) is 0 Å². The number of benzene rings is 12. The Kier molecular flexibility index (Phi) is 49.3. The van der Waals surface area contributed by atoms with Crippen LogP contribution in [-0.2, 0) is 0 Å². The number of ether oxygens (including phenoxy) is 1. The lowest BCUT2D eigenvalue weighted by Gasteiger charge is -2.10. The molecule has 0 atom stereocenters. The Bertz CT molecular complexity index is 5540. The van der Waals surface area contributed by atoms with E-state index in [1.54, 1.807) is 18.2 Å². The third kappa shape index (κ3) is 47.8. The highest BCUT2D eigenvalue weighted by Crippen LogP contribution is 2.25. The van der Waals surface area contributed by atoms with Crippen LogP contribution in [0.25, 0.3) is 0 Å². The lowest BCUT2D eigenvalue weighted by atomic mass is 10.0. The van der Waals surface area contributed by atoms with Crippen LogP contribution in [0.3, 0.4) is 0 Å². The Balaban J connectivity index is 0.000000269. The molecule has 0 saturated heterocycles. The number of urea groups is 8. The molecule has 132 heavy (non-hydrogen) atoms. The first-order valence-corrected chi connectivity index (χ1v) is 44.0. The fourth-order valence-electron chi connectivity index (χ4n) is 11.6. The monoisotopic (exact) mass is 1790 g/mol. The average Bonchev–Trinajstić information content (AvgIpc) is 0.878. The number of aryl methyl sites for hydroxylation is 9. The van der Waals surface area contributed by atoms with Crippen LogP contribution in [0.1, 0.15) is 129 Å². The molecule has 0 fully saturated rings. The maximum absolute atomic E-state index is 12.0. The molecule has 0 aliphatic carbocycles. The van der Waals surface area contributed by atoms with E-state index < -0.39 is 0 Å². The van der Waals surface area contributed by atoms with Crippen LogP contribution in [0, 0.1) is 62.3 Å². The van der Waals surface area contributed by atoms with Gasteiger partial charge in [0, 0.05) is 94.8 Å². The zero-order valence-electron chi connectivity index (χ0n) is 78.9. The van der Waals surface area contributed by atoms with Crippen molar-refractivity contribution in [1.29, 1.82) is 0 Å². The zero-order valence-corrected chi connectivity index (χ0v) is 78.9. The normalized spacial score (nSPS) is 9.83. The highest BCUT2D eigenvalue weighted by molar-refractivity contribution is 6.02. The molecule has 12 rings (SSSR count). The summed E-state index contributed by atoms with van der Waals surface area (Å²) < 4.78 is 5.72. The molecule has 0 saturated carbocycles. The summed E-state index contributed by atoms with van der Waals surface area (Å²) in [6.07, 6.45) is 4.68. The number of anilines is 11. The van der Waals surface area contributed by atoms with Gasteiger partial charge in [-0.3, -0.25) is 0 Å². The number of para-hydroxylation sites is 2. The van der Waals surface area contributed by atoms with Crippen LogP contribution in [-0.4, -0.2) is 80.5 Å². The zero-order chi connectivity index (χ0) is 96.4. The molecule has 16 N–H and O–H groups in total. The van der Waals surface area contributed by atoms with Crippen molar-refractivity contribution < 1.29 is 43.1 Å². The SMILES string of the molecule is C=CCNC(=O)Nc1cccc(C)c1.CCCCNC(=O)Nc1cccc(C)c1.CCCNC(=O)Nc1cccc(C)c1.CCNC(=O)Nc1cccc(C)c1.Cc1cccc(NC(=O)NC(C)C)c1.Cc1cccc(NC(=O)Nc2ccc(C(C)C)cc2)c1.Cc1cccc(NC(=O)Nc2ccc(Oc3ccccc3)cc2)c1.Cc1cccc(NC(=O)Nc2ccccc2C)c1. The van der Waals surface area contributed by atoms with Gasteiger partial charge in [0.15, 0.2) is 0 Å². The van der Waals surface area contributed by atoms with Gasteiger partial charge in [-0.2, -0.15) is 0 Å². The molecule has 694 valence electrons. The van der Waals surface area contributed by atoms with Gasteiger partial charge < -0.3 is 89.8 Å². The van der Waals surface area contributed by atoms with Gasteiger partial charge in [-0.15, -0.1) is 6.58 Å². The van der Waals surface area contributed by atoms with Gasteiger partial charge in [0.05, 0.1) is 0 Å². The summed E-state index contributed by atoms with van der Waals surface area (Å²) in [5.41, 5.74) is 20.0. The standard InChI is InChI=1S/C20H18N2O2.C17H20N2O.C15H16N2O.C12H18N2O.2C11H16N2O.C11H14N2O.C10H14N2O/c1-15-6-5-7-17(14-15)22-20(23)21-16-10-12-19(13-11-16)24-18-8-3-2-4-9-18;1-12(2)14-7-9-15(10-8-14)18-17(20)19-16-6-4-5-13(3)11-16;1-11-6-5-8-13(10-11)16-15(18)17-14-9-4-3-7-12(14)2;1-3-4-8-13-12(15)14-11-7-5-6-10(2)9-11;1-8(2)12-11(14)13-10-6-4-5-9(3)7-10;2*1-3-7-12-11(14)13-10-6-4-5-9(2)8-10;1-3-11-10(13)12-9-6-4-5-8(2)7-9/h2-14H,1H3,(H2,21,22,23);4-12H,1-3H3,(H2,18,19,20);3-10H,1-2H3,(H2,16,17,18);5-7,9H,3-4,8H2,1-2H3,(H2,13,14,15);4-8H,1-3H3,(H2,12,13,14);4-6,8H,3,7H2,1-2H3,(H2,12,13,14);3-6,8H,1,7H2,2H3,(H2,12,13,14);4-7H,3H2,1-2H3,(H2,11,12,13). The Morgan fingerprint density at radius 2 is 0.583 bits per heavy atom. The smallest absolute Gasteiger partial charge is 0.323 e. The largest absolute Gasteiger partial charge is 0.457 e. The lowest BCUT2D eigenvalue weighted by Crippen LogP contribution is -2.34. The summed E-state index contributed by atoms with van der Waals surface area (Å²) in [6, 6.07) is 92.6. The van der Waals surface area contributed by atoms with Crippen LogP contribution < -0.4 is 89.8 Å². The molecule has 12 aromatic carbocycles. The third-order valence-corrected chi connectivity index (χ3v) is 18.0. The van der Waals surface area contributed by atoms with Crippen LogP contribution >= 0.6 is 0 Å². The molecule has 12 aromatic rings.